The zero-order chi connectivity index (χ0) is 18.6. The van der Waals surface area contributed by atoms with Crippen molar-refractivity contribution in [1.82, 2.24) is 25.3 Å². The van der Waals surface area contributed by atoms with Crippen LogP contribution in [0.2, 0.25) is 0 Å². The molecule has 140 valence electrons. The molecule has 3 aromatic heterocycles. The Hall–Kier alpha value is -2.68. The van der Waals surface area contributed by atoms with Crippen molar-refractivity contribution in [2.24, 2.45) is 0 Å². The smallest absolute Gasteiger partial charge is 0.353 e. The van der Waals surface area contributed by atoms with Gasteiger partial charge in [-0.2, -0.15) is 13.2 Å². The van der Waals surface area contributed by atoms with Crippen molar-refractivity contribution in [3.63, 3.8) is 0 Å². The van der Waals surface area contributed by atoms with Gasteiger partial charge in [0.15, 0.2) is 0 Å². The summed E-state index contributed by atoms with van der Waals surface area (Å²) in [5.74, 6) is 0.825. The predicted octanol–water partition coefficient (Wildman–Crippen LogP) is 2.98. The average molecular weight is 374 g/mol. The maximum absolute atomic E-state index is 13.0. The normalized spacial score (nSPS) is 22.6. The van der Waals surface area contributed by atoms with Crippen molar-refractivity contribution in [2.75, 3.05) is 18.0 Å². The van der Waals surface area contributed by atoms with Crippen LogP contribution >= 0.6 is 0 Å². The van der Waals surface area contributed by atoms with Gasteiger partial charge in [0.1, 0.15) is 23.5 Å². The molecule has 0 radical (unpaired) electrons. The first kappa shape index (κ1) is 16.5. The fraction of sp³-hybridized carbons (Fsp3) is 0.389. The molecule has 5 heterocycles. The number of hydrogen-bond acceptors (Lipinski definition) is 5. The van der Waals surface area contributed by atoms with Crippen LogP contribution in [0.25, 0.3) is 22.3 Å². The summed E-state index contributed by atoms with van der Waals surface area (Å²) < 4.78 is 38.9. The molecule has 2 unspecified atom stereocenters. The molecule has 0 saturated carbocycles. The molecule has 9 heteroatoms. The van der Waals surface area contributed by atoms with E-state index in [4.69, 9.17) is 0 Å². The third kappa shape index (κ3) is 2.91. The number of fused-ring (bicyclic) bond motifs is 3. The van der Waals surface area contributed by atoms with Gasteiger partial charge in [-0.3, -0.25) is 4.98 Å². The standard InChI is InChI=1S/C18H17F3N6/c19-18(20,21)15-5-10(3-4-22-15)14-6-13-16(26-14)23-9-24-17(13)27-7-11-1-2-12(8-27)25-11/h3-6,9,11-12,25H,1-2,7-8H2,(H,23,24,26). The van der Waals surface area contributed by atoms with Gasteiger partial charge in [0.2, 0.25) is 0 Å². The molecular weight excluding hydrogens is 357 g/mol. The fourth-order valence-corrected chi connectivity index (χ4v) is 4.06. The third-order valence-corrected chi connectivity index (χ3v) is 5.28. The van der Waals surface area contributed by atoms with Gasteiger partial charge in [-0.1, -0.05) is 0 Å². The van der Waals surface area contributed by atoms with Crippen LogP contribution in [0.1, 0.15) is 18.5 Å². The number of pyridine rings is 1. The van der Waals surface area contributed by atoms with Crippen LogP contribution in [-0.2, 0) is 6.18 Å². The van der Waals surface area contributed by atoms with Gasteiger partial charge >= 0.3 is 6.18 Å². The summed E-state index contributed by atoms with van der Waals surface area (Å²) in [5, 5.41) is 4.40. The molecule has 2 N–H and O–H groups in total. The van der Waals surface area contributed by atoms with E-state index < -0.39 is 11.9 Å². The van der Waals surface area contributed by atoms with E-state index in [0.29, 0.717) is 29.0 Å². The van der Waals surface area contributed by atoms with E-state index in [1.807, 2.05) is 6.07 Å². The number of alkyl halides is 3. The van der Waals surface area contributed by atoms with Gasteiger partial charge in [0.25, 0.3) is 0 Å². The molecule has 27 heavy (non-hydrogen) atoms. The van der Waals surface area contributed by atoms with E-state index in [0.717, 1.165) is 43.2 Å². The molecule has 0 aliphatic carbocycles. The monoisotopic (exact) mass is 374 g/mol. The average Bonchev–Trinajstić information content (AvgIpc) is 3.23. The van der Waals surface area contributed by atoms with E-state index in [1.54, 1.807) is 6.07 Å². The first-order chi connectivity index (χ1) is 13.0. The Morgan fingerprint density at radius 2 is 1.81 bits per heavy atom. The van der Waals surface area contributed by atoms with E-state index in [9.17, 15) is 13.2 Å². The lowest BCUT2D eigenvalue weighted by Crippen LogP contribution is -2.51. The lowest BCUT2D eigenvalue weighted by molar-refractivity contribution is -0.141. The first-order valence-electron chi connectivity index (χ1n) is 8.86. The quantitative estimate of drug-likeness (QED) is 0.722. The summed E-state index contributed by atoms with van der Waals surface area (Å²) in [5.41, 5.74) is 0.689. The van der Waals surface area contributed by atoms with Crippen molar-refractivity contribution < 1.29 is 13.2 Å². The number of piperazine rings is 1. The van der Waals surface area contributed by atoms with Gasteiger partial charge in [-0.25, -0.2) is 9.97 Å². The summed E-state index contributed by atoms with van der Waals surface area (Å²) in [6.07, 6.45) is 0.503. The van der Waals surface area contributed by atoms with Gasteiger partial charge < -0.3 is 15.2 Å². The topological polar surface area (TPSA) is 69.7 Å². The van der Waals surface area contributed by atoms with E-state index in [2.05, 4.69) is 30.2 Å². The Balaban J connectivity index is 1.55. The highest BCUT2D eigenvalue weighted by molar-refractivity contribution is 5.92. The van der Waals surface area contributed by atoms with E-state index in [-0.39, 0.29) is 0 Å². The van der Waals surface area contributed by atoms with Crippen LogP contribution in [0.4, 0.5) is 19.0 Å². The molecule has 2 aliphatic heterocycles. The zero-order valence-electron chi connectivity index (χ0n) is 14.3. The van der Waals surface area contributed by atoms with Crippen molar-refractivity contribution in [2.45, 2.75) is 31.1 Å². The zero-order valence-corrected chi connectivity index (χ0v) is 14.3. The number of anilines is 1. The largest absolute Gasteiger partial charge is 0.433 e. The molecule has 2 aliphatic rings. The number of aromatic amines is 1. The van der Waals surface area contributed by atoms with Gasteiger partial charge in [-0.15, -0.1) is 0 Å². The number of aromatic nitrogens is 4. The molecule has 6 nitrogen and oxygen atoms in total. The van der Waals surface area contributed by atoms with Gasteiger partial charge in [0, 0.05) is 42.6 Å². The predicted molar refractivity (Wildman–Crippen MR) is 94.3 cm³/mol. The second kappa shape index (κ2) is 5.91. The number of nitrogens with zero attached hydrogens (tertiary/aromatic N) is 4. The van der Waals surface area contributed by atoms with Crippen LogP contribution in [0.3, 0.4) is 0 Å². The van der Waals surface area contributed by atoms with Crippen LogP contribution in [0.15, 0.2) is 30.7 Å². The van der Waals surface area contributed by atoms with Crippen molar-refractivity contribution in [3.8, 4) is 11.3 Å². The SMILES string of the molecule is FC(F)(F)c1cc(-c2cc3c(N4CC5CCC(C4)N5)ncnc3[nH]2)ccn1. The minimum atomic E-state index is -4.48. The third-order valence-electron chi connectivity index (χ3n) is 5.28. The summed E-state index contributed by atoms with van der Waals surface area (Å²) in [6.45, 7) is 1.74. The fourth-order valence-electron chi connectivity index (χ4n) is 4.06. The number of H-pyrrole nitrogens is 1. The van der Waals surface area contributed by atoms with E-state index in [1.165, 1.54) is 12.5 Å². The molecule has 2 atom stereocenters. The number of halogens is 3. The number of nitrogens with one attached hydrogen (secondary N) is 2. The van der Waals surface area contributed by atoms with Crippen LogP contribution in [0, 0.1) is 0 Å². The van der Waals surface area contributed by atoms with Crippen molar-refractivity contribution in [3.05, 3.63) is 36.4 Å². The van der Waals surface area contributed by atoms with Crippen molar-refractivity contribution >= 4 is 16.9 Å². The second-order valence-corrected chi connectivity index (χ2v) is 7.11. The first-order valence-corrected chi connectivity index (χ1v) is 8.86. The molecule has 3 aromatic rings. The van der Waals surface area contributed by atoms with Gasteiger partial charge in [0.05, 0.1) is 5.39 Å². The number of rotatable bonds is 2. The summed E-state index contributed by atoms with van der Waals surface area (Å²) in [7, 11) is 0. The lowest BCUT2D eigenvalue weighted by Gasteiger charge is -2.33. The molecule has 2 fully saturated rings. The summed E-state index contributed by atoms with van der Waals surface area (Å²) >= 11 is 0. The van der Waals surface area contributed by atoms with Crippen LogP contribution < -0.4 is 10.2 Å². The Kier molecular flexibility index (Phi) is 3.61. The van der Waals surface area contributed by atoms with Crippen LogP contribution in [-0.4, -0.2) is 45.1 Å². The Bertz CT molecular complexity index is 986. The van der Waals surface area contributed by atoms with Gasteiger partial charge in [-0.05, 0) is 31.0 Å². The molecule has 5 rings (SSSR count). The lowest BCUT2D eigenvalue weighted by atomic mass is 10.1. The highest BCUT2D eigenvalue weighted by atomic mass is 19.4. The van der Waals surface area contributed by atoms with Crippen LogP contribution in [0.5, 0.6) is 0 Å². The maximum Gasteiger partial charge on any atom is 0.433 e. The molecule has 0 amide bonds. The molecule has 0 spiro atoms. The molecule has 2 saturated heterocycles. The Labute approximate surface area is 152 Å². The highest BCUT2D eigenvalue weighted by Crippen LogP contribution is 2.33. The van der Waals surface area contributed by atoms with Crippen molar-refractivity contribution in [1.29, 1.82) is 0 Å². The molecule has 2 bridgehead atoms. The second-order valence-electron chi connectivity index (χ2n) is 7.11. The summed E-state index contributed by atoms with van der Waals surface area (Å²) in [6, 6.07) is 5.34. The highest BCUT2D eigenvalue weighted by Gasteiger charge is 2.34. The Morgan fingerprint density at radius 1 is 1.04 bits per heavy atom. The Morgan fingerprint density at radius 3 is 2.56 bits per heavy atom. The molecular formula is C18H17F3N6. The molecule has 0 aromatic carbocycles. The number of hydrogen-bond donors (Lipinski definition) is 2. The minimum absolute atomic E-state index is 0.418. The van der Waals surface area contributed by atoms with E-state index >= 15 is 0 Å². The maximum atomic E-state index is 13.0. The summed E-state index contributed by atoms with van der Waals surface area (Å²) in [4.78, 5) is 17.5. The minimum Gasteiger partial charge on any atom is -0.353 e.